The second-order valence-corrected chi connectivity index (χ2v) is 6.87. The van der Waals surface area contributed by atoms with E-state index in [9.17, 15) is 4.79 Å². The number of benzene rings is 2. The normalized spacial score (nSPS) is 16.0. The lowest BCUT2D eigenvalue weighted by Gasteiger charge is -2.27. The molecule has 1 atom stereocenters. The Balaban J connectivity index is 1.59. The van der Waals surface area contributed by atoms with Crippen molar-refractivity contribution >= 4 is 5.91 Å². The maximum absolute atomic E-state index is 12.1. The van der Waals surface area contributed by atoms with Gasteiger partial charge < -0.3 is 15.4 Å². The van der Waals surface area contributed by atoms with E-state index >= 15 is 0 Å². The first-order valence-electron chi connectivity index (χ1n) is 9.46. The molecule has 2 N–H and O–H groups in total. The van der Waals surface area contributed by atoms with E-state index in [-0.39, 0.29) is 5.91 Å². The summed E-state index contributed by atoms with van der Waals surface area (Å²) in [5, 5.41) is 6.58. The summed E-state index contributed by atoms with van der Waals surface area (Å²) in [7, 11) is 1.74. The highest BCUT2D eigenvalue weighted by Gasteiger charge is 2.20. The first-order chi connectivity index (χ1) is 12.7. The fraction of sp³-hybridized carbons (Fsp3) is 0.409. The number of hydrogen-bond acceptors (Lipinski definition) is 3. The van der Waals surface area contributed by atoms with Crippen molar-refractivity contribution in [2.45, 2.75) is 45.2 Å². The van der Waals surface area contributed by atoms with Crippen molar-refractivity contribution in [3.05, 3.63) is 64.7 Å². The standard InChI is InChI=1S/C22H28N2O2/c1-3-12-23-22(25)18-8-4-6-16(13-18)15-24-19-10-11-20-17(14-19)7-5-9-21(20)26-2/h4-9,13,19,24H,3,10-12,14-15H2,1-2H3,(H,23,25). The van der Waals surface area contributed by atoms with Crippen LogP contribution in [0.2, 0.25) is 0 Å². The highest BCUT2D eigenvalue weighted by atomic mass is 16.5. The van der Waals surface area contributed by atoms with Crippen LogP contribution in [-0.2, 0) is 19.4 Å². The predicted octanol–water partition coefficient (Wildman–Crippen LogP) is 3.48. The van der Waals surface area contributed by atoms with E-state index in [4.69, 9.17) is 4.74 Å². The summed E-state index contributed by atoms with van der Waals surface area (Å²) in [6.07, 6.45) is 4.10. The number of rotatable bonds is 7. The molecule has 26 heavy (non-hydrogen) atoms. The van der Waals surface area contributed by atoms with Gasteiger partial charge in [0.1, 0.15) is 5.75 Å². The molecular formula is C22H28N2O2. The molecule has 0 bridgehead atoms. The maximum Gasteiger partial charge on any atom is 0.251 e. The SMILES string of the molecule is CCCNC(=O)c1cccc(CNC2CCc3c(cccc3OC)C2)c1. The van der Waals surface area contributed by atoms with Crippen LogP contribution in [0, 0.1) is 0 Å². The zero-order valence-corrected chi connectivity index (χ0v) is 15.7. The molecule has 4 nitrogen and oxygen atoms in total. The van der Waals surface area contributed by atoms with E-state index in [0.717, 1.165) is 49.1 Å². The Hall–Kier alpha value is -2.33. The van der Waals surface area contributed by atoms with Gasteiger partial charge in [-0.1, -0.05) is 31.2 Å². The molecule has 0 heterocycles. The van der Waals surface area contributed by atoms with Gasteiger partial charge in [-0.05, 0) is 60.6 Å². The molecule has 0 aromatic heterocycles. The smallest absolute Gasteiger partial charge is 0.251 e. The van der Waals surface area contributed by atoms with Crippen LogP contribution in [0.25, 0.3) is 0 Å². The maximum atomic E-state index is 12.1. The van der Waals surface area contributed by atoms with Crippen molar-refractivity contribution in [1.29, 1.82) is 0 Å². The highest BCUT2D eigenvalue weighted by molar-refractivity contribution is 5.94. The third-order valence-corrected chi connectivity index (χ3v) is 4.98. The molecule has 0 spiro atoms. The molecule has 138 valence electrons. The van der Waals surface area contributed by atoms with Crippen LogP contribution in [-0.4, -0.2) is 25.6 Å². The Bertz CT molecular complexity index is 758. The topological polar surface area (TPSA) is 50.4 Å². The van der Waals surface area contributed by atoms with Crippen molar-refractivity contribution in [2.75, 3.05) is 13.7 Å². The fourth-order valence-electron chi connectivity index (χ4n) is 3.56. The zero-order chi connectivity index (χ0) is 18.4. The molecule has 4 heteroatoms. The van der Waals surface area contributed by atoms with Crippen LogP contribution in [0.5, 0.6) is 5.75 Å². The van der Waals surface area contributed by atoms with E-state index in [1.54, 1.807) is 7.11 Å². The minimum atomic E-state index is 0.00684. The lowest BCUT2D eigenvalue weighted by Crippen LogP contribution is -2.34. The summed E-state index contributed by atoms with van der Waals surface area (Å²) in [6.45, 7) is 3.55. The number of fused-ring (bicyclic) bond motifs is 1. The van der Waals surface area contributed by atoms with Crippen molar-refractivity contribution < 1.29 is 9.53 Å². The molecular weight excluding hydrogens is 324 g/mol. The molecule has 1 amide bonds. The average molecular weight is 352 g/mol. The summed E-state index contributed by atoms with van der Waals surface area (Å²) < 4.78 is 5.48. The van der Waals surface area contributed by atoms with Crippen LogP contribution in [0.4, 0.5) is 0 Å². The summed E-state index contributed by atoms with van der Waals surface area (Å²) >= 11 is 0. The minimum Gasteiger partial charge on any atom is -0.496 e. The molecule has 0 aliphatic heterocycles. The van der Waals surface area contributed by atoms with Crippen LogP contribution >= 0.6 is 0 Å². The van der Waals surface area contributed by atoms with E-state index in [1.165, 1.54) is 11.1 Å². The number of amides is 1. The van der Waals surface area contributed by atoms with Crippen molar-refractivity contribution in [2.24, 2.45) is 0 Å². The third kappa shape index (κ3) is 4.44. The Morgan fingerprint density at radius 3 is 2.88 bits per heavy atom. The lowest BCUT2D eigenvalue weighted by atomic mass is 9.87. The zero-order valence-electron chi connectivity index (χ0n) is 15.7. The minimum absolute atomic E-state index is 0.00684. The van der Waals surface area contributed by atoms with Gasteiger partial charge in [0.15, 0.2) is 0 Å². The monoisotopic (exact) mass is 352 g/mol. The van der Waals surface area contributed by atoms with Crippen LogP contribution < -0.4 is 15.4 Å². The third-order valence-electron chi connectivity index (χ3n) is 4.98. The summed E-state index contributed by atoms with van der Waals surface area (Å²) in [4.78, 5) is 12.1. The van der Waals surface area contributed by atoms with Crippen LogP contribution in [0.15, 0.2) is 42.5 Å². The number of ether oxygens (including phenoxy) is 1. The first-order valence-corrected chi connectivity index (χ1v) is 9.46. The van der Waals surface area contributed by atoms with Crippen LogP contribution in [0.3, 0.4) is 0 Å². The van der Waals surface area contributed by atoms with Gasteiger partial charge in [-0.25, -0.2) is 0 Å². The van der Waals surface area contributed by atoms with Gasteiger partial charge >= 0.3 is 0 Å². The van der Waals surface area contributed by atoms with Gasteiger partial charge in [0.25, 0.3) is 5.91 Å². The molecule has 0 saturated carbocycles. The molecule has 3 rings (SSSR count). The molecule has 0 fully saturated rings. The van der Waals surface area contributed by atoms with E-state index in [2.05, 4.69) is 35.8 Å². The number of nitrogens with one attached hydrogen (secondary N) is 2. The summed E-state index contributed by atoms with van der Waals surface area (Å²) in [5.41, 5.74) is 4.60. The van der Waals surface area contributed by atoms with Crippen molar-refractivity contribution in [3.8, 4) is 5.75 Å². The van der Waals surface area contributed by atoms with Gasteiger partial charge in [-0.3, -0.25) is 4.79 Å². The van der Waals surface area contributed by atoms with E-state index < -0.39 is 0 Å². The van der Waals surface area contributed by atoms with E-state index in [0.29, 0.717) is 12.6 Å². The van der Waals surface area contributed by atoms with Gasteiger partial charge in [0.05, 0.1) is 7.11 Å². The molecule has 0 radical (unpaired) electrons. The molecule has 1 aliphatic rings. The predicted molar refractivity (Wildman–Crippen MR) is 105 cm³/mol. The molecule has 1 unspecified atom stereocenters. The second kappa shape index (κ2) is 8.86. The van der Waals surface area contributed by atoms with Gasteiger partial charge in [0.2, 0.25) is 0 Å². The quantitative estimate of drug-likeness (QED) is 0.802. The number of carbonyl (C=O) groups is 1. The highest BCUT2D eigenvalue weighted by Crippen LogP contribution is 2.29. The van der Waals surface area contributed by atoms with Gasteiger partial charge in [-0.2, -0.15) is 0 Å². The number of hydrogen-bond donors (Lipinski definition) is 2. The summed E-state index contributed by atoms with van der Waals surface area (Å²) in [5.74, 6) is 1.01. The molecule has 2 aromatic carbocycles. The fourth-order valence-corrected chi connectivity index (χ4v) is 3.56. The lowest BCUT2D eigenvalue weighted by molar-refractivity contribution is 0.0953. The van der Waals surface area contributed by atoms with Crippen LogP contribution in [0.1, 0.15) is 46.8 Å². The Labute approximate surface area is 156 Å². The Kier molecular flexibility index (Phi) is 6.29. The Morgan fingerprint density at radius 2 is 2.08 bits per heavy atom. The molecule has 2 aromatic rings. The van der Waals surface area contributed by atoms with E-state index in [1.807, 2.05) is 24.3 Å². The van der Waals surface area contributed by atoms with Crippen molar-refractivity contribution in [3.63, 3.8) is 0 Å². The number of methoxy groups -OCH3 is 1. The second-order valence-electron chi connectivity index (χ2n) is 6.87. The largest absolute Gasteiger partial charge is 0.496 e. The summed E-state index contributed by atoms with van der Waals surface area (Å²) in [6, 6.07) is 14.6. The van der Waals surface area contributed by atoms with Gasteiger partial charge in [-0.15, -0.1) is 0 Å². The Morgan fingerprint density at radius 1 is 1.23 bits per heavy atom. The number of carbonyl (C=O) groups excluding carboxylic acids is 1. The average Bonchev–Trinajstić information content (AvgIpc) is 2.70. The molecule has 0 saturated heterocycles. The molecule has 1 aliphatic carbocycles. The first kappa shape index (κ1) is 18.5. The van der Waals surface area contributed by atoms with Gasteiger partial charge in [0, 0.05) is 24.7 Å². The van der Waals surface area contributed by atoms with Crippen molar-refractivity contribution in [1.82, 2.24) is 10.6 Å².